The lowest BCUT2D eigenvalue weighted by molar-refractivity contribution is -0.116. The molecule has 25 heavy (non-hydrogen) atoms. The summed E-state index contributed by atoms with van der Waals surface area (Å²) in [5.74, 6) is -2.55. The van der Waals surface area contributed by atoms with Crippen molar-refractivity contribution < 1.29 is 18.4 Å². The van der Waals surface area contributed by atoms with E-state index in [2.05, 4.69) is 20.8 Å². The van der Waals surface area contributed by atoms with Gasteiger partial charge in [0.15, 0.2) is 0 Å². The van der Waals surface area contributed by atoms with Crippen LogP contribution in [0.25, 0.3) is 0 Å². The van der Waals surface area contributed by atoms with Gasteiger partial charge < -0.3 is 10.6 Å². The molecule has 1 heterocycles. The monoisotopic (exact) mass is 368 g/mol. The number of carbonyl (C=O) groups is 2. The van der Waals surface area contributed by atoms with Crippen LogP contribution in [0.15, 0.2) is 18.2 Å². The van der Waals surface area contributed by atoms with E-state index in [0.29, 0.717) is 17.6 Å². The molecule has 0 saturated heterocycles. The molecule has 0 fully saturated rings. The second-order valence-electron chi connectivity index (χ2n) is 5.28. The van der Waals surface area contributed by atoms with Crippen LogP contribution in [-0.2, 0) is 11.2 Å². The molecular formula is C16H18F2N4O2S. The normalized spacial score (nSPS) is 10.5. The van der Waals surface area contributed by atoms with E-state index in [0.717, 1.165) is 30.0 Å². The molecule has 1 aromatic carbocycles. The zero-order chi connectivity index (χ0) is 18.2. The first-order valence-electron chi connectivity index (χ1n) is 7.85. The summed E-state index contributed by atoms with van der Waals surface area (Å²) in [5, 5.41) is 14.3. The first-order chi connectivity index (χ1) is 12.0. The van der Waals surface area contributed by atoms with Crippen molar-refractivity contribution in [2.24, 2.45) is 0 Å². The Hall–Kier alpha value is -2.42. The van der Waals surface area contributed by atoms with Crippen molar-refractivity contribution in [3.63, 3.8) is 0 Å². The Morgan fingerprint density at radius 3 is 2.76 bits per heavy atom. The summed E-state index contributed by atoms with van der Waals surface area (Å²) >= 11 is 1.33. The Morgan fingerprint density at radius 2 is 2.04 bits per heavy atom. The predicted molar refractivity (Wildman–Crippen MR) is 90.5 cm³/mol. The Bertz CT molecular complexity index is 751. The maximum Gasteiger partial charge on any atom is 0.254 e. The Morgan fingerprint density at radius 1 is 1.24 bits per heavy atom. The minimum Gasteiger partial charge on any atom is -0.352 e. The van der Waals surface area contributed by atoms with Crippen LogP contribution in [0.4, 0.5) is 13.9 Å². The number of halogens is 2. The fourth-order valence-electron chi connectivity index (χ4n) is 2.02. The van der Waals surface area contributed by atoms with Crippen molar-refractivity contribution in [3.8, 4) is 0 Å². The summed E-state index contributed by atoms with van der Waals surface area (Å²) in [6.07, 6.45) is 2.33. The van der Waals surface area contributed by atoms with Gasteiger partial charge in [-0.05, 0) is 25.0 Å². The van der Waals surface area contributed by atoms with Crippen LogP contribution in [0.2, 0.25) is 0 Å². The number of aryl methyl sites for hydroxylation is 1. The fraction of sp³-hybridized carbons (Fsp3) is 0.375. The minimum absolute atomic E-state index is 0.175. The number of anilines is 1. The molecule has 0 spiro atoms. The molecule has 0 aliphatic carbocycles. The maximum absolute atomic E-state index is 13.5. The lowest BCUT2D eigenvalue weighted by atomic mass is 10.2. The zero-order valence-corrected chi connectivity index (χ0v) is 14.5. The molecule has 2 amide bonds. The van der Waals surface area contributed by atoms with Gasteiger partial charge in [0.05, 0.1) is 5.56 Å². The predicted octanol–water partition coefficient (Wildman–Crippen LogP) is 2.92. The van der Waals surface area contributed by atoms with Gasteiger partial charge in [-0.25, -0.2) is 8.78 Å². The van der Waals surface area contributed by atoms with Crippen LogP contribution in [0.1, 0.15) is 41.6 Å². The Kier molecular flexibility index (Phi) is 6.93. The number of nitrogens with zero attached hydrogens (tertiary/aromatic N) is 2. The third-order valence-electron chi connectivity index (χ3n) is 3.22. The first-order valence-corrected chi connectivity index (χ1v) is 8.66. The number of nitrogens with one attached hydrogen (secondary N) is 2. The van der Waals surface area contributed by atoms with Gasteiger partial charge in [0, 0.05) is 25.5 Å². The van der Waals surface area contributed by atoms with Gasteiger partial charge in [-0.15, -0.1) is 10.2 Å². The average molecular weight is 368 g/mol. The van der Waals surface area contributed by atoms with E-state index >= 15 is 0 Å². The molecule has 134 valence electrons. The molecule has 0 atom stereocenters. The highest BCUT2D eigenvalue weighted by atomic mass is 32.1. The standard InChI is InChI=1S/C16H18F2N4O2S/c1-2-4-14-21-22-16(25-14)20-13(23)5-3-8-19-15(24)11-7-6-10(17)9-12(11)18/h6-7,9H,2-5,8H2,1H3,(H,19,24)(H,20,22,23). The number of rotatable bonds is 8. The number of carbonyl (C=O) groups excluding carboxylic acids is 2. The van der Waals surface area contributed by atoms with E-state index in [1.807, 2.05) is 6.92 Å². The molecule has 1 aromatic heterocycles. The SMILES string of the molecule is CCCc1nnc(NC(=O)CCCNC(=O)c2ccc(F)cc2F)s1. The fourth-order valence-corrected chi connectivity index (χ4v) is 2.88. The number of hydrogen-bond donors (Lipinski definition) is 2. The highest BCUT2D eigenvalue weighted by Gasteiger charge is 2.12. The lowest BCUT2D eigenvalue weighted by Gasteiger charge is -2.06. The van der Waals surface area contributed by atoms with E-state index in [4.69, 9.17) is 0 Å². The molecule has 0 aliphatic rings. The topological polar surface area (TPSA) is 84.0 Å². The van der Waals surface area contributed by atoms with E-state index in [9.17, 15) is 18.4 Å². The van der Waals surface area contributed by atoms with E-state index in [-0.39, 0.29) is 24.4 Å². The van der Waals surface area contributed by atoms with Crippen LogP contribution < -0.4 is 10.6 Å². The summed E-state index contributed by atoms with van der Waals surface area (Å²) in [6.45, 7) is 2.23. The summed E-state index contributed by atoms with van der Waals surface area (Å²) in [5.41, 5.74) is -0.233. The summed E-state index contributed by atoms with van der Waals surface area (Å²) in [4.78, 5) is 23.6. The van der Waals surface area contributed by atoms with E-state index in [1.54, 1.807) is 0 Å². The molecule has 0 radical (unpaired) electrons. The maximum atomic E-state index is 13.5. The Labute approximate surface area is 147 Å². The highest BCUT2D eigenvalue weighted by molar-refractivity contribution is 7.15. The lowest BCUT2D eigenvalue weighted by Crippen LogP contribution is -2.26. The van der Waals surface area contributed by atoms with Gasteiger partial charge in [0.1, 0.15) is 16.6 Å². The molecule has 0 unspecified atom stereocenters. The van der Waals surface area contributed by atoms with Crippen LogP contribution >= 0.6 is 11.3 Å². The van der Waals surface area contributed by atoms with Crippen molar-refractivity contribution in [2.75, 3.05) is 11.9 Å². The second-order valence-corrected chi connectivity index (χ2v) is 6.34. The van der Waals surface area contributed by atoms with Gasteiger partial charge in [0.25, 0.3) is 5.91 Å². The first kappa shape index (κ1) is 18.9. The van der Waals surface area contributed by atoms with Gasteiger partial charge in [0.2, 0.25) is 11.0 Å². The van der Waals surface area contributed by atoms with Crippen molar-refractivity contribution >= 4 is 28.3 Å². The van der Waals surface area contributed by atoms with Crippen molar-refractivity contribution in [1.29, 1.82) is 0 Å². The number of amides is 2. The highest BCUT2D eigenvalue weighted by Crippen LogP contribution is 2.16. The molecule has 0 bridgehead atoms. The van der Waals surface area contributed by atoms with Gasteiger partial charge >= 0.3 is 0 Å². The minimum atomic E-state index is -0.922. The van der Waals surface area contributed by atoms with Crippen LogP contribution in [0, 0.1) is 11.6 Å². The summed E-state index contributed by atoms with van der Waals surface area (Å²) < 4.78 is 26.3. The van der Waals surface area contributed by atoms with E-state index in [1.165, 1.54) is 11.3 Å². The number of hydrogen-bond acceptors (Lipinski definition) is 5. The largest absolute Gasteiger partial charge is 0.352 e. The van der Waals surface area contributed by atoms with Crippen LogP contribution in [-0.4, -0.2) is 28.6 Å². The van der Waals surface area contributed by atoms with Crippen molar-refractivity contribution in [2.45, 2.75) is 32.6 Å². The molecule has 9 heteroatoms. The summed E-state index contributed by atoms with van der Waals surface area (Å²) in [6, 6.07) is 2.74. The average Bonchev–Trinajstić information content (AvgIpc) is 2.98. The van der Waals surface area contributed by atoms with Crippen molar-refractivity contribution in [1.82, 2.24) is 15.5 Å². The molecule has 0 aliphatic heterocycles. The van der Waals surface area contributed by atoms with E-state index < -0.39 is 17.5 Å². The number of benzene rings is 1. The second kappa shape index (κ2) is 9.16. The molecular weight excluding hydrogens is 350 g/mol. The molecule has 2 N–H and O–H groups in total. The zero-order valence-electron chi connectivity index (χ0n) is 13.6. The third-order valence-corrected chi connectivity index (χ3v) is 4.12. The molecule has 6 nitrogen and oxygen atoms in total. The summed E-state index contributed by atoms with van der Waals surface area (Å²) in [7, 11) is 0. The number of aromatic nitrogens is 2. The Balaban J connectivity index is 1.71. The smallest absolute Gasteiger partial charge is 0.254 e. The van der Waals surface area contributed by atoms with Gasteiger partial charge in [-0.1, -0.05) is 18.3 Å². The van der Waals surface area contributed by atoms with Crippen LogP contribution in [0.3, 0.4) is 0 Å². The molecule has 0 saturated carbocycles. The van der Waals surface area contributed by atoms with Crippen molar-refractivity contribution in [3.05, 3.63) is 40.4 Å². The van der Waals surface area contributed by atoms with Crippen LogP contribution in [0.5, 0.6) is 0 Å². The van der Waals surface area contributed by atoms with Gasteiger partial charge in [-0.2, -0.15) is 0 Å². The molecule has 2 rings (SSSR count). The quantitative estimate of drug-likeness (QED) is 0.702. The van der Waals surface area contributed by atoms with Gasteiger partial charge in [-0.3, -0.25) is 9.59 Å². The molecule has 2 aromatic rings. The third kappa shape index (κ3) is 5.86.